The maximum atomic E-state index is 9.17. The van der Waals surface area contributed by atoms with Crippen molar-refractivity contribution in [3.05, 3.63) is 21.7 Å². The van der Waals surface area contributed by atoms with Gasteiger partial charge in [-0.05, 0) is 53.5 Å². The first-order valence-electron chi connectivity index (χ1n) is 5.38. The molecule has 15 heavy (non-hydrogen) atoms. The number of furan rings is 1. The molecule has 1 fully saturated rings. The molecule has 0 amide bonds. The van der Waals surface area contributed by atoms with Gasteiger partial charge in [0.15, 0.2) is 3.77 Å². The third kappa shape index (κ3) is 2.95. The third-order valence-electron chi connectivity index (χ3n) is 3.06. The first-order valence-corrected chi connectivity index (χ1v) is 6.46. The van der Waals surface area contributed by atoms with Crippen molar-refractivity contribution in [2.45, 2.75) is 31.8 Å². The van der Waals surface area contributed by atoms with E-state index < -0.39 is 0 Å². The Labute approximate surface area is 103 Å². The Bertz CT molecular complexity index is 313. The summed E-state index contributed by atoms with van der Waals surface area (Å²) in [6.07, 6.45) is 3.53. The number of nitrogens with one attached hydrogen (secondary N) is 1. The minimum atomic E-state index is 0.299. The Morgan fingerprint density at radius 2 is 2.33 bits per heavy atom. The van der Waals surface area contributed by atoms with E-state index in [0.717, 1.165) is 22.5 Å². The van der Waals surface area contributed by atoms with Crippen LogP contribution in [0.4, 0.5) is 0 Å². The minimum absolute atomic E-state index is 0.299. The zero-order chi connectivity index (χ0) is 10.7. The summed E-state index contributed by atoms with van der Waals surface area (Å²) in [6.45, 7) is 1.07. The van der Waals surface area contributed by atoms with Crippen LogP contribution in [0.15, 0.2) is 16.5 Å². The summed E-state index contributed by atoms with van der Waals surface area (Å²) in [6, 6.07) is 4.42. The highest BCUT2D eigenvalue weighted by atomic mass is 127. The number of hydrogen-bond acceptors (Lipinski definition) is 3. The predicted molar refractivity (Wildman–Crippen MR) is 66.5 cm³/mol. The third-order valence-corrected chi connectivity index (χ3v) is 3.64. The molecule has 0 saturated heterocycles. The highest BCUT2D eigenvalue weighted by Crippen LogP contribution is 2.25. The van der Waals surface area contributed by atoms with Crippen LogP contribution in [0.5, 0.6) is 0 Å². The summed E-state index contributed by atoms with van der Waals surface area (Å²) in [4.78, 5) is 0. The molecular formula is C11H16INO2. The zero-order valence-corrected chi connectivity index (χ0v) is 10.7. The zero-order valence-electron chi connectivity index (χ0n) is 8.58. The van der Waals surface area contributed by atoms with Gasteiger partial charge in [-0.25, -0.2) is 0 Å². The standard InChI is InChI=1S/C11H16INO2/c12-11-5-4-9(15-11)6-13-10-3-1-2-8(10)7-14/h4-5,8,10,13-14H,1-3,6-7H2. The molecule has 1 saturated carbocycles. The van der Waals surface area contributed by atoms with Gasteiger partial charge in [-0.2, -0.15) is 0 Å². The summed E-state index contributed by atoms with van der Waals surface area (Å²) in [5.74, 6) is 1.40. The molecule has 1 aromatic rings. The fraction of sp³-hybridized carbons (Fsp3) is 0.636. The lowest BCUT2D eigenvalue weighted by Crippen LogP contribution is -2.33. The topological polar surface area (TPSA) is 45.4 Å². The number of rotatable bonds is 4. The van der Waals surface area contributed by atoms with Crippen molar-refractivity contribution in [3.8, 4) is 0 Å². The SMILES string of the molecule is OCC1CCCC1NCc1ccc(I)o1. The van der Waals surface area contributed by atoms with E-state index in [9.17, 15) is 5.11 Å². The van der Waals surface area contributed by atoms with Crippen molar-refractivity contribution in [2.24, 2.45) is 5.92 Å². The van der Waals surface area contributed by atoms with Gasteiger partial charge in [0.1, 0.15) is 5.76 Å². The quantitative estimate of drug-likeness (QED) is 0.835. The number of aliphatic hydroxyl groups excluding tert-OH is 1. The minimum Gasteiger partial charge on any atom is -0.454 e. The van der Waals surface area contributed by atoms with Crippen LogP contribution >= 0.6 is 22.6 Å². The summed E-state index contributed by atoms with van der Waals surface area (Å²) < 4.78 is 6.40. The van der Waals surface area contributed by atoms with Crippen molar-refractivity contribution < 1.29 is 9.52 Å². The molecule has 1 aliphatic carbocycles. The fourth-order valence-electron chi connectivity index (χ4n) is 2.20. The number of aliphatic hydroxyl groups is 1. The highest BCUT2D eigenvalue weighted by Gasteiger charge is 2.25. The molecule has 0 radical (unpaired) electrons. The molecule has 1 aliphatic rings. The summed E-state index contributed by atoms with van der Waals surface area (Å²) in [5, 5.41) is 12.6. The molecule has 84 valence electrons. The first-order chi connectivity index (χ1) is 7.29. The van der Waals surface area contributed by atoms with Crippen LogP contribution in [0, 0.1) is 9.68 Å². The van der Waals surface area contributed by atoms with Crippen molar-refractivity contribution >= 4 is 22.6 Å². The molecular weight excluding hydrogens is 305 g/mol. The van der Waals surface area contributed by atoms with Crippen molar-refractivity contribution in [1.29, 1.82) is 0 Å². The van der Waals surface area contributed by atoms with Crippen molar-refractivity contribution in [2.75, 3.05) is 6.61 Å². The molecule has 2 unspecified atom stereocenters. The van der Waals surface area contributed by atoms with Gasteiger partial charge >= 0.3 is 0 Å². The second kappa shape index (κ2) is 5.32. The van der Waals surface area contributed by atoms with Crippen molar-refractivity contribution in [1.82, 2.24) is 5.32 Å². The largest absolute Gasteiger partial charge is 0.454 e. The van der Waals surface area contributed by atoms with Gasteiger partial charge in [-0.1, -0.05) is 6.42 Å². The number of halogens is 1. The Balaban J connectivity index is 1.82. The van der Waals surface area contributed by atoms with Gasteiger partial charge in [-0.15, -0.1) is 0 Å². The maximum absolute atomic E-state index is 9.17. The average Bonchev–Trinajstić information content (AvgIpc) is 2.83. The Kier molecular flexibility index (Phi) is 4.05. The molecule has 1 aromatic heterocycles. The normalized spacial score (nSPS) is 26.0. The van der Waals surface area contributed by atoms with Crippen LogP contribution in [0.1, 0.15) is 25.0 Å². The smallest absolute Gasteiger partial charge is 0.164 e. The second-order valence-electron chi connectivity index (χ2n) is 4.07. The lowest BCUT2D eigenvalue weighted by atomic mass is 10.1. The van der Waals surface area contributed by atoms with Crippen LogP contribution < -0.4 is 5.32 Å². The van der Waals surface area contributed by atoms with Crippen LogP contribution in [0.2, 0.25) is 0 Å². The Morgan fingerprint density at radius 1 is 1.47 bits per heavy atom. The fourth-order valence-corrected chi connectivity index (χ4v) is 2.67. The van der Waals surface area contributed by atoms with Gasteiger partial charge in [0.2, 0.25) is 0 Å². The molecule has 3 nitrogen and oxygen atoms in total. The van der Waals surface area contributed by atoms with E-state index in [-0.39, 0.29) is 0 Å². The van der Waals surface area contributed by atoms with E-state index in [1.165, 1.54) is 12.8 Å². The summed E-state index contributed by atoms with van der Waals surface area (Å²) in [5.41, 5.74) is 0. The molecule has 1 heterocycles. The van der Waals surface area contributed by atoms with Crippen LogP contribution in [0.3, 0.4) is 0 Å². The van der Waals surface area contributed by atoms with Crippen LogP contribution in [-0.4, -0.2) is 17.8 Å². The van der Waals surface area contributed by atoms with Gasteiger partial charge in [0.25, 0.3) is 0 Å². The number of hydrogen-bond donors (Lipinski definition) is 2. The molecule has 4 heteroatoms. The van der Waals surface area contributed by atoms with E-state index in [0.29, 0.717) is 18.6 Å². The second-order valence-corrected chi connectivity index (χ2v) is 5.13. The van der Waals surface area contributed by atoms with Crippen molar-refractivity contribution in [3.63, 3.8) is 0 Å². The van der Waals surface area contributed by atoms with Gasteiger partial charge in [0.05, 0.1) is 6.54 Å². The van der Waals surface area contributed by atoms with E-state index in [4.69, 9.17) is 4.42 Å². The van der Waals surface area contributed by atoms with Crippen LogP contribution in [0.25, 0.3) is 0 Å². The van der Waals surface area contributed by atoms with E-state index >= 15 is 0 Å². The summed E-state index contributed by atoms with van der Waals surface area (Å²) >= 11 is 2.17. The van der Waals surface area contributed by atoms with Gasteiger partial charge in [-0.3, -0.25) is 0 Å². The molecule has 0 spiro atoms. The van der Waals surface area contributed by atoms with E-state index in [1.54, 1.807) is 0 Å². The summed E-state index contributed by atoms with van der Waals surface area (Å²) in [7, 11) is 0. The molecule has 0 aliphatic heterocycles. The molecule has 0 aromatic carbocycles. The molecule has 2 rings (SSSR count). The van der Waals surface area contributed by atoms with Crippen LogP contribution in [-0.2, 0) is 6.54 Å². The molecule has 2 atom stereocenters. The van der Waals surface area contributed by atoms with Gasteiger partial charge < -0.3 is 14.8 Å². The average molecular weight is 321 g/mol. The lowest BCUT2D eigenvalue weighted by molar-refractivity contribution is 0.203. The monoisotopic (exact) mass is 321 g/mol. The first kappa shape index (κ1) is 11.4. The van der Waals surface area contributed by atoms with E-state index in [2.05, 4.69) is 27.9 Å². The predicted octanol–water partition coefficient (Wildman–Crippen LogP) is 2.13. The highest BCUT2D eigenvalue weighted by molar-refractivity contribution is 14.1. The van der Waals surface area contributed by atoms with Gasteiger partial charge in [0, 0.05) is 12.6 Å². The maximum Gasteiger partial charge on any atom is 0.164 e. The molecule has 2 N–H and O–H groups in total. The Hall–Kier alpha value is -0.0700. The lowest BCUT2D eigenvalue weighted by Gasteiger charge is -2.18. The molecule has 0 bridgehead atoms. The Morgan fingerprint density at radius 3 is 3.00 bits per heavy atom. The van der Waals surface area contributed by atoms with E-state index in [1.807, 2.05) is 12.1 Å².